The molecule has 0 aliphatic carbocycles. The second-order valence-electron chi connectivity index (χ2n) is 7.66. The van der Waals surface area contributed by atoms with Gasteiger partial charge in [0.2, 0.25) is 10.0 Å². The molecule has 0 aliphatic heterocycles. The van der Waals surface area contributed by atoms with Gasteiger partial charge in [-0.25, -0.2) is 17.2 Å². The molecule has 0 fully saturated rings. The lowest BCUT2D eigenvalue weighted by molar-refractivity contribution is -0.137. The van der Waals surface area contributed by atoms with E-state index in [4.69, 9.17) is 14.6 Å². The van der Waals surface area contributed by atoms with Crippen LogP contribution in [0.2, 0.25) is 0 Å². The highest BCUT2D eigenvalue weighted by Crippen LogP contribution is 2.33. The lowest BCUT2D eigenvalue weighted by Crippen LogP contribution is -2.36. The highest BCUT2D eigenvalue weighted by atomic mass is 32.2. The van der Waals surface area contributed by atoms with E-state index in [0.717, 1.165) is 22.0 Å². The number of hydrogen-bond acceptors (Lipinski definition) is 5. The Balaban J connectivity index is 1.70. The van der Waals surface area contributed by atoms with Crippen LogP contribution >= 0.6 is 0 Å². The highest BCUT2D eigenvalue weighted by molar-refractivity contribution is 7.89. The van der Waals surface area contributed by atoms with Crippen LogP contribution in [0.1, 0.15) is 18.1 Å². The molecule has 0 spiro atoms. The van der Waals surface area contributed by atoms with Crippen LogP contribution in [0.25, 0.3) is 11.1 Å². The number of methoxy groups -OCH3 is 1. The maximum atomic E-state index is 13.7. The fraction of sp³-hybridized carbons (Fsp3) is 0.240. The van der Waals surface area contributed by atoms with E-state index >= 15 is 0 Å². The summed E-state index contributed by atoms with van der Waals surface area (Å²) in [4.78, 5) is 11.1. The Bertz CT molecular complexity index is 1300. The van der Waals surface area contributed by atoms with Crippen molar-refractivity contribution in [1.29, 1.82) is 0 Å². The van der Waals surface area contributed by atoms with Gasteiger partial charge in [-0.3, -0.25) is 4.79 Å². The SMILES string of the molecule is CCS(=O)(=O)N(CC(=O)O)Cc1cccc(COc2ccc(-c3cc(F)c(F)cc3OC)cc2)c1. The summed E-state index contributed by atoms with van der Waals surface area (Å²) in [7, 11) is -2.32. The Morgan fingerprint density at radius 2 is 1.66 bits per heavy atom. The normalized spacial score (nSPS) is 11.5. The van der Waals surface area contributed by atoms with E-state index in [2.05, 4.69) is 0 Å². The number of nitrogens with zero attached hydrogens (tertiary/aromatic N) is 1. The minimum atomic E-state index is -3.69. The van der Waals surface area contributed by atoms with Crippen molar-refractivity contribution in [2.24, 2.45) is 0 Å². The Morgan fingerprint density at radius 1 is 1.00 bits per heavy atom. The van der Waals surface area contributed by atoms with Crippen molar-refractivity contribution in [3.63, 3.8) is 0 Å². The van der Waals surface area contributed by atoms with Crippen LogP contribution in [0.5, 0.6) is 11.5 Å². The maximum Gasteiger partial charge on any atom is 0.318 e. The predicted molar refractivity (Wildman–Crippen MR) is 127 cm³/mol. The summed E-state index contributed by atoms with van der Waals surface area (Å²) in [6.45, 7) is 0.955. The molecule has 3 aromatic rings. The minimum Gasteiger partial charge on any atom is -0.496 e. The van der Waals surface area contributed by atoms with Crippen molar-refractivity contribution in [2.45, 2.75) is 20.1 Å². The van der Waals surface area contributed by atoms with Gasteiger partial charge in [0.25, 0.3) is 0 Å². The lowest BCUT2D eigenvalue weighted by Gasteiger charge is -2.20. The molecule has 0 aliphatic rings. The summed E-state index contributed by atoms with van der Waals surface area (Å²) in [6.07, 6.45) is 0. The average molecular weight is 506 g/mol. The van der Waals surface area contributed by atoms with Crippen LogP contribution < -0.4 is 9.47 Å². The second-order valence-corrected chi connectivity index (χ2v) is 9.92. The van der Waals surface area contributed by atoms with Gasteiger partial charge >= 0.3 is 5.97 Å². The lowest BCUT2D eigenvalue weighted by atomic mass is 10.0. The summed E-state index contributed by atoms with van der Waals surface area (Å²) in [6, 6.07) is 15.8. The summed E-state index contributed by atoms with van der Waals surface area (Å²) < 4.78 is 63.5. The zero-order valence-electron chi connectivity index (χ0n) is 19.2. The fourth-order valence-corrected chi connectivity index (χ4v) is 4.45. The molecule has 3 rings (SSSR count). The van der Waals surface area contributed by atoms with Gasteiger partial charge in [-0.2, -0.15) is 4.31 Å². The van der Waals surface area contributed by atoms with E-state index in [-0.39, 0.29) is 24.7 Å². The third-order valence-corrected chi connectivity index (χ3v) is 7.01. The molecule has 0 heterocycles. The summed E-state index contributed by atoms with van der Waals surface area (Å²) in [5.74, 6) is -2.67. The van der Waals surface area contributed by atoms with Gasteiger partial charge in [0.15, 0.2) is 11.6 Å². The number of hydrogen-bond donors (Lipinski definition) is 1. The number of benzene rings is 3. The molecule has 186 valence electrons. The largest absolute Gasteiger partial charge is 0.496 e. The second kappa shape index (κ2) is 11.3. The van der Waals surface area contributed by atoms with Gasteiger partial charge in [-0.1, -0.05) is 36.4 Å². The van der Waals surface area contributed by atoms with Gasteiger partial charge in [-0.05, 0) is 41.8 Å². The molecular formula is C25H25F2NO6S. The molecule has 10 heteroatoms. The number of carboxylic acids is 1. The van der Waals surface area contributed by atoms with Crippen molar-refractivity contribution in [2.75, 3.05) is 19.4 Å². The molecule has 0 amide bonds. The van der Waals surface area contributed by atoms with Crippen molar-refractivity contribution in [3.05, 3.63) is 83.4 Å². The van der Waals surface area contributed by atoms with E-state index in [9.17, 15) is 22.0 Å². The number of aliphatic carboxylic acids is 1. The molecule has 0 radical (unpaired) electrons. The first-order chi connectivity index (χ1) is 16.6. The molecule has 0 aromatic heterocycles. The van der Waals surface area contributed by atoms with Crippen LogP contribution in [0.15, 0.2) is 60.7 Å². The molecule has 35 heavy (non-hydrogen) atoms. The Hall–Kier alpha value is -3.50. The summed E-state index contributed by atoms with van der Waals surface area (Å²) >= 11 is 0. The minimum absolute atomic E-state index is 0.0684. The quantitative estimate of drug-likeness (QED) is 0.414. The molecule has 0 unspecified atom stereocenters. The van der Waals surface area contributed by atoms with Gasteiger partial charge < -0.3 is 14.6 Å². The number of halogens is 2. The van der Waals surface area contributed by atoms with Crippen LogP contribution in [-0.2, 0) is 28.0 Å². The van der Waals surface area contributed by atoms with Crippen LogP contribution in [0.3, 0.4) is 0 Å². The Labute approximate surface area is 202 Å². The monoisotopic (exact) mass is 505 g/mol. The average Bonchev–Trinajstić information content (AvgIpc) is 2.84. The van der Waals surface area contributed by atoms with Crippen LogP contribution in [0.4, 0.5) is 8.78 Å². The molecular weight excluding hydrogens is 480 g/mol. The van der Waals surface area contributed by atoms with E-state index in [1.165, 1.54) is 14.0 Å². The predicted octanol–water partition coefficient (Wildman–Crippen LogP) is 4.46. The first-order valence-electron chi connectivity index (χ1n) is 10.7. The van der Waals surface area contributed by atoms with Gasteiger partial charge in [0, 0.05) is 18.2 Å². The molecule has 1 N–H and O–H groups in total. The number of ether oxygens (including phenoxy) is 2. The number of carbonyl (C=O) groups is 1. The molecule has 7 nitrogen and oxygen atoms in total. The van der Waals surface area contributed by atoms with Crippen molar-refractivity contribution >= 4 is 16.0 Å². The van der Waals surface area contributed by atoms with Crippen molar-refractivity contribution in [3.8, 4) is 22.6 Å². The standard InChI is InChI=1S/C25H25F2NO6S/c1-3-35(31,32)28(15-25(29)30)14-17-5-4-6-18(11-17)16-34-20-9-7-19(8-10-20)21-12-22(26)23(27)13-24(21)33-2/h4-13H,3,14-16H2,1-2H3,(H,29,30). The first kappa shape index (κ1) is 26.1. The molecule has 0 atom stereocenters. The summed E-state index contributed by atoms with van der Waals surface area (Å²) in [5.41, 5.74) is 2.41. The van der Waals surface area contributed by atoms with E-state index in [0.29, 0.717) is 22.4 Å². The van der Waals surface area contributed by atoms with Crippen LogP contribution in [-0.4, -0.2) is 43.2 Å². The molecule has 0 saturated heterocycles. The zero-order valence-corrected chi connectivity index (χ0v) is 20.0. The van der Waals surface area contributed by atoms with Crippen molar-refractivity contribution in [1.82, 2.24) is 4.31 Å². The number of carboxylic acid groups (broad SMARTS) is 1. The van der Waals surface area contributed by atoms with E-state index < -0.39 is 34.2 Å². The number of rotatable bonds is 11. The van der Waals surface area contributed by atoms with Crippen LogP contribution in [0, 0.1) is 11.6 Å². The van der Waals surface area contributed by atoms with Crippen molar-refractivity contribution < 1.29 is 36.6 Å². The van der Waals surface area contributed by atoms with E-state index in [1.807, 2.05) is 0 Å². The number of sulfonamides is 1. The molecule has 0 bridgehead atoms. The highest BCUT2D eigenvalue weighted by Gasteiger charge is 2.23. The zero-order chi connectivity index (χ0) is 25.6. The topological polar surface area (TPSA) is 93.1 Å². The maximum absolute atomic E-state index is 13.7. The fourth-order valence-electron chi connectivity index (χ4n) is 3.43. The smallest absolute Gasteiger partial charge is 0.318 e. The molecule has 0 saturated carbocycles. The van der Waals surface area contributed by atoms with E-state index in [1.54, 1.807) is 48.5 Å². The Kier molecular flexibility index (Phi) is 8.42. The molecule has 3 aromatic carbocycles. The Morgan fingerprint density at radius 3 is 2.29 bits per heavy atom. The van der Waals surface area contributed by atoms with Gasteiger partial charge in [-0.15, -0.1) is 0 Å². The summed E-state index contributed by atoms with van der Waals surface area (Å²) in [5, 5.41) is 9.06. The van der Waals surface area contributed by atoms with Gasteiger partial charge in [0.1, 0.15) is 24.7 Å². The third-order valence-electron chi connectivity index (χ3n) is 5.23. The third kappa shape index (κ3) is 6.77. The first-order valence-corrected chi connectivity index (χ1v) is 12.3. The van der Waals surface area contributed by atoms with Gasteiger partial charge in [0.05, 0.1) is 12.9 Å².